The molecule has 0 saturated carbocycles. The fraction of sp³-hybridized carbons (Fsp3) is 0.125. The van der Waals surface area contributed by atoms with Crippen LogP contribution in [0.1, 0.15) is 10.6 Å². The van der Waals surface area contributed by atoms with Gasteiger partial charge in [-0.1, -0.05) is 0 Å². The molecule has 0 saturated heterocycles. The zero-order chi connectivity index (χ0) is 24.6. The van der Waals surface area contributed by atoms with Crippen LogP contribution in [0.3, 0.4) is 0 Å². The Bertz CT molecular complexity index is 1510. The quantitative estimate of drug-likeness (QED) is 0.398. The minimum atomic E-state index is -3.45. The third-order valence-corrected chi connectivity index (χ3v) is 5.58. The minimum Gasteiger partial charge on any atom is -0.451 e. The number of nitrogens with one attached hydrogen (secondary N) is 2. The molecule has 0 aliphatic carbocycles. The summed E-state index contributed by atoms with van der Waals surface area (Å²) in [6, 6.07) is 14.5. The molecule has 4 aromatic rings. The van der Waals surface area contributed by atoms with Crippen LogP contribution in [-0.4, -0.2) is 34.7 Å². The van der Waals surface area contributed by atoms with Crippen molar-refractivity contribution < 1.29 is 26.4 Å². The molecule has 10 heteroatoms. The molecule has 2 N–H and O–H groups in total. The zero-order valence-corrected chi connectivity index (χ0v) is 19.3. The number of anilines is 3. The maximum absolute atomic E-state index is 14.4. The second-order valence-electron chi connectivity index (χ2n) is 7.98. The molecule has 0 unspecified atom stereocenters. The Morgan fingerprint density at radius 2 is 1.71 bits per heavy atom. The summed E-state index contributed by atoms with van der Waals surface area (Å²) in [6.07, 6.45) is 1.04. The number of nitrogens with zero attached hydrogens (tertiary/aromatic N) is 1. The number of benzene rings is 3. The summed E-state index contributed by atoms with van der Waals surface area (Å²) in [7, 11) is 0.146. The normalized spacial score (nSPS) is 11.4. The highest BCUT2D eigenvalue weighted by Crippen LogP contribution is 2.31. The third kappa shape index (κ3) is 5.18. The van der Waals surface area contributed by atoms with Crippen LogP contribution in [0.15, 0.2) is 65.1 Å². The molecule has 0 aliphatic rings. The van der Waals surface area contributed by atoms with Crippen molar-refractivity contribution in [2.24, 2.45) is 0 Å². The number of rotatable bonds is 6. The van der Waals surface area contributed by atoms with Gasteiger partial charge in [0, 0.05) is 48.2 Å². The Kier molecular flexibility index (Phi) is 6.01. The Hall–Kier alpha value is -3.92. The fourth-order valence-corrected chi connectivity index (χ4v) is 4.00. The molecule has 0 radical (unpaired) electrons. The highest BCUT2D eigenvalue weighted by molar-refractivity contribution is 7.92. The smallest absolute Gasteiger partial charge is 0.291 e. The largest absolute Gasteiger partial charge is 0.451 e. The first-order valence-electron chi connectivity index (χ1n) is 10.1. The molecule has 0 spiro atoms. The molecular formula is C24H21F2N3O4S. The van der Waals surface area contributed by atoms with Crippen molar-refractivity contribution in [1.29, 1.82) is 0 Å². The lowest BCUT2D eigenvalue weighted by Crippen LogP contribution is -2.13. The Labute approximate surface area is 195 Å². The van der Waals surface area contributed by atoms with Crippen LogP contribution in [0, 0.1) is 11.6 Å². The molecule has 1 amide bonds. The number of hydrogen-bond donors (Lipinski definition) is 2. The second kappa shape index (κ2) is 8.79. The van der Waals surface area contributed by atoms with Gasteiger partial charge in [-0.2, -0.15) is 0 Å². The fourth-order valence-electron chi connectivity index (χ4n) is 3.45. The Balaban J connectivity index is 1.65. The predicted octanol–water partition coefficient (Wildman–Crippen LogP) is 5.07. The maximum Gasteiger partial charge on any atom is 0.291 e. The van der Waals surface area contributed by atoms with Crippen LogP contribution in [0.2, 0.25) is 0 Å². The highest BCUT2D eigenvalue weighted by Gasteiger charge is 2.16. The molecule has 34 heavy (non-hydrogen) atoms. The van der Waals surface area contributed by atoms with Crippen LogP contribution in [-0.2, 0) is 10.0 Å². The van der Waals surface area contributed by atoms with E-state index in [1.807, 2.05) is 0 Å². The number of amides is 1. The molecule has 0 atom stereocenters. The molecule has 0 fully saturated rings. The number of hydrogen-bond acceptors (Lipinski definition) is 5. The number of halogens is 2. The minimum absolute atomic E-state index is 0.0104. The van der Waals surface area contributed by atoms with E-state index in [0.29, 0.717) is 33.6 Å². The van der Waals surface area contributed by atoms with E-state index in [9.17, 15) is 22.0 Å². The van der Waals surface area contributed by atoms with Crippen molar-refractivity contribution in [3.05, 3.63) is 78.1 Å². The van der Waals surface area contributed by atoms with Crippen molar-refractivity contribution in [3.8, 4) is 11.1 Å². The van der Waals surface area contributed by atoms with E-state index in [1.165, 1.54) is 24.3 Å². The van der Waals surface area contributed by atoms with Gasteiger partial charge in [0.25, 0.3) is 5.91 Å². The van der Waals surface area contributed by atoms with Crippen molar-refractivity contribution in [2.75, 3.05) is 35.3 Å². The number of sulfonamides is 1. The van der Waals surface area contributed by atoms with Crippen LogP contribution in [0.25, 0.3) is 22.1 Å². The summed E-state index contributed by atoms with van der Waals surface area (Å²) in [4.78, 5) is 14.7. The van der Waals surface area contributed by atoms with Gasteiger partial charge >= 0.3 is 0 Å². The molecule has 0 aliphatic heterocycles. The van der Waals surface area contributed by atoms with E-state index >= 15 is 0 Å². The molecule has 0 bridgehead atoms. The van der Waals surface area contributed by atoms with Gasteiger partial charge in [-0.25, -0.2) is 17.2 Å². The average Bonchev–Trinajstić information content (AvgIpc) is 3.16. The lowest BCUT2D eigenvalue weighted by molar-refractivity contribution is 0.0998. The number of fused-ring (bicyclic) bond motifs is 1. The molecule has 176 valence electrons. The Morgan fingerprint density at radius 3 is 2.38 bits per heavy atom. The summed E-state index contributed by atoms with van der Waals surface area (Å²) >= 11 is 0. The van der Waals surface area contributed by atoms with E-state index in [1.54, 1.807) is 49.3 Å². The van der Waals surface area contributed by atoms with Crippen molar-refractivity contribution in [1.82, 2.24) is 0 Å². The van der Waals surface area contributed by atoms with Gasteiger partial charge in [-0.15, -0.1) is 0 Å². The number of carbonyl (C=O) groups excluding carboxylic acids is 1. The zero-order valence-electron chi connectivity index (χ0n) is 18.5. The van der Waals surface area contributed by atoms with Crippen LogP contribution in [0.4, 0.5) is 25.8 Å². The summed E-state index contributed by atoms with van der Waals surface area (Å²) in [5.41, 5.74) is 2.47. The molecule has 1 aromatic heterocycles. The van der Waals surface area contributed by atoms with Gasteiger partial charge in [0.2, 0.25) is 10.0 Å². The maximum atomic E-state index is 14.4. The first kappa shape index (κ1) is 23.2. The van der Waals surface area contributed by atoms with Crippen molar-refractivity contribution in [3.63, 3.8) is 0 Å². The summed E-state index contributed by atoms with van der Waals surface area (Å²) in [6.45, 7) is 0. The Morgan fingerprint density at radius 1 is 0.941 bits per heavy atom. The van der Waals surface area contributed by atoms with Gasteiger partial charge < -0.3 is 14.6 Å². The molecular weight excluding hydrogens is 464 g/mol. The van der Waals surface area contributed by atoms with Gasteiger partial charge in [0.15, 0.2) is 5.76 Å². The SMILES string of the molecule is CN(C)c1cc(NC(=O)c2cc3cc(NS(C)(=O)=O)ccc3o2)cc(-c2ccc(F)cc2F)c1. The summed E-state index contributed by atoms with van der Waals surface area (Å²) in [5, 5.41) is 3.28. The monoisotopic (exact) mass is 485 g/mol. The van der Waals surface area contributed by atoms with Gasteiger partial charge in [-0.05, 0) is 60.2 Å². The highest BCUT2D eigenvalue weighted by atomic mass is 32.2. The molecule has 7 nitrogen and oxygen atoms in total. The topological polar surface area (TPSA) is 91.7 Å². The first-order valence-corrected chi connectivity index (χ1v) is 12.0. The van der Waals surface area contributed by atoms with Gasteiger partial charge in [-0.3, -0.25) is 9.52 Å². The van der Waals surface area contributed by atoms with Crippen LogP contribution in [0.5, 0.6) is 0 Å². The van der Waals surface area contributed by atoms with E-state index in [4.69, 9.17) is 4.42 Å². The van der Waals surface area contributed by atoms with Crippen LogP contribution < -0.4 is 14.9 Å². The standard InChI is InChI=1S/C24H21F2N3O4S/c1-29(2)19-10-14(20-6-4-16(25)12-21(20)26)8-18(13-19)27-24(30)23-11-15-9-17(28-34(3,31)32)5-7-22(15)33-23/h4-13,28H,1-3H3,(H,27,30). The average molecular weight is 486 g/mol. The summed E-state index contributed by atoms with van der Waals surface area (Å²) in [5.74, 6) is -1.94. The number of carbonyl (C=O) groups is 1. The number of furan rings is 1. The lowest BCUT2D eigenvalue weighted by atomic mass is 10.0. The van der Waals surface area contributed by atoms with Crippen LogP contribution >= 0.6 is 0 Å². The first-order chi connectivity index (χ1) is 16.0. The predicted molar refractivity (Wildman–Crippen MR) is 129 cm³/mol. The van der Waals surface area contributed by atoms with Crippen molar-refractivity contribution in [2.45, 2.75) is 0 Å². The third-order valence-electron chi connectivity index (χ3n) is 4.98. The lowest BCUT2D eigenvalue weighted by Gasteiger charge is -2.17. The van der Waals surface area contributed by atoms with Gasteiger partial charge in [0.05, 0.1) is 6.26 Å². The van der Waals surface area contributed by atoms with E-state index in [2.05, 4.69) is 10.0 Å². The van der Waals surface area contributed by atoms with E-state index in [0.717, 1.165) is 12.3 Å². The molecule has 1 heterocycles. The second-order valence-corrected chi connectivity index (χ2v) is 9.73. The van der Waals surface area contributed by atoms with E-state index in [-0.39, 0.29) is 11.3 Å². The molecule has 3 aromatic carbocycles. The van der Waals surface area contributed by atoms with Gasteiger partial charge in [0.1, 0.15) is 17.2 Å². The molecule has 4 rings (SSSR count). The summed E-state index contributed by atoms with van der Waals surface area (Å²) < 4.78 is 58.6. The van der Waals surface area contributed by atoms with Crippen molar-refractivity contribution >= 4 is 44.0 Å². The van der Waals surface area contributed by atoms with E-state index < -0.39 is 27.6 Å².